The molecule has 0 unspecified atom stereocenters. The summed E-state index contributed by atoms with van der Waals surface area (Å²) in [6.45, 7) is 0. The number of benzene rings is 1. The molecule has 3 N–H and O–H groups in total. The summed E-state index contributed by atoms with van der Waals surface area (Å²) in [6.07, 6.45) is 2.23. The molecule has 0 radical (unpaired) electrons. The number of quaternary nitrogens is 1. The molecule has 0 fully saturated rings. The molecular weight excluding hydrogens is 206 g/mol. The van der Waals surface area contributed by atoms with Gasteiger partial charge in [0.2, 0.25) is 0 Å². The number of aryl methyl sites for hydroxylation is 1. The van der Waals surface area contributed by atoms with Gasteiger partial charge < -0.3 is 20.4 Å². The normalized spacial score (nSPS) is 23.6. The minimum atomic E-state index is -1.10. The molecule has 0 aromatic heterocycles. The first-order chi connectivity index (χ1) is 7.58. The molecule has 1 atom stereocenters. The molecular formula is C12H15NO3. The fraction of sp³-hybridized carbons (Fsp3) is 0.417. The Morgan fingerprint density at radius 1 is 1.56 bits per heavy atom. The monoisotopic (exact) mass is 221 g/mol. The molecule has 2 rings (SSSR count). The number of hydrogen-bond donors (Lipinski definition) is 1. The van der Waals surface area contributed by atoms with Crippen LogP contribution < -0.4 is 15.6 Å². The molecule has 1 aliphatic carbocycles. The number of carbonyl (C=O) groups is 1. The van der Waals surface area contributed by atoms with Gasteiger partial charge in [0, 0.05) is 12.0 Å². The number of ether oxygens (including phenoxy) is 1. The molecule has 0 saturated carbocycles. The summed E-state index contributed by atoms with van der Waals surface area (Å²) in [5.41, 5.74) is 4.49. The Labute approximate surface area is 94.0 Å². The fourth-order valence-electron chi connectivity index (χ4n) is 2.30. The first kappa shape index (κ1) is 11.0. The lowest BCUT2D eigenvalue weighted by Crippen LogP contribution is -2.77. The minimum absolute atomic E-state index is 0.536. The Morgan fingerprint density at radius 2 is 2.31 bits per heavy atom. The standard InChI is InChI=1S/C12H15NO3/c1-16-9-4-5-10-8(7-9)3-2-6-12(10,13)11(14)15/h4-5,7H,2-3,6,13H2,1H3,(H,14,15)/t12-/m0/s1. The topological polar surface area (TPSA) is 77.0 Å². The van der Waals surface area contributed by atoms with Gasteiger partial charge in [-0.2, -0.15) is 0 Å². The first-order valence-corrected chi connectivity index (χ1v) is 5.32. The van der Waals surface area contributed by atoms with Crippen LogP contribution in [0.5, 0.6) is 5.75 Å². The van der Waals surface area contributed by atoms with Gasteiger partial charge in [-0.3, -0.25) is 0 Å². The Morgan fingerprint density at radius 3 is 2.94 bits per heavy atom. The summed E-state index contributed by atoms with van der Waals surface area (Å²) < 4.78 is 5.13. The van der Waals surface area contributed by atoms with E-state index in [1.807, 2.05) is 6.07 Å². The zero-order valence-electron chi connectivity index (χ0n) is 9.29. The number of methoxy groups -OCH3 is 1. The zero-order valence-corrected chi connectivity index (χ0v) is 9.29. The molecule has 4 nitrogen and oxygen atoms in total. The number of carboxylic acids is 1. The summed E-state index contributed by atoms with van der Waals surface area (Å²) in [5, 5.41) is 11.2. The van der Waals surface area contributed by atoms with Gasteiger partial charge in [-0.1, -0.05) is 0 Å². The van der Waals surface area contributed by atoms with Gasteiger partial charge >= 0.3 is 0 Å². The quantitative estimate of drug-likeness (QED) is 0.711. The van der Waals surface area contributed by atoms with Gasteiger partial charge in [-0.25, -0.2) is 0 Å². The summed E-state index contributed by atoms with van der Waals surface area (Å²) in [4.78, 5) is 11.2. The van der Waals surface area contributed by atoms with Crippen LogP contribution in [0.25, 0.3) is 0 Å². The van der Waals surface area contributed by atoms with E-state index in [4.69, 9.17) is 4.74 Å². The molecule has 0 saturated heterocycles. The van der Waals surface area contributed by atoms with Crippen LogP contribution in [-0.4, -0.2) is 13.1 Å². The van der Waals surface area contributed by atoms with E-state index in [9.17, 15) is 9.90 Å². The van der Waals surface area contributed by atoms with Crippen LogP contribution in [0, 0.1) is 0 Å². The van der Waals surface area contributed by atoms with Crippen LogP contribution >= 0.6 is 0 Å². The van der Waals surface area contributed by atoms with Crippen molar-refractivity contribution < 1.29 is 20.4 Å². The Bertz CT molecular complexity index is 430. The van der Waals surface area contributed by atoms with Crippen LogP contribution in [-0.2, 0) is 16.8 Å². The largest absolute Gasteiger partial charge is 0.543 e. The summed E-state index contributed by atoms with van der Waals surface area (Å²) >= 11 is 0. The number of rotatable bonds is 2. The van der Waals surface area contributed by atoms with Gasteiger partial charge in [0.05, 0.1) is 7.11 Å². The molecule has 0 amide bonds. The van der Waals surface area contributed by atoms with Crippen molar-refractivity contribution in [3.8, 4) is 5.75 Å². The average molecular weight is 221 g/mol. The molecule has 0 spiro atoms. The Balaban J connectivity index is 2.51. The number of carbonyl (C=O) groups excluding carboxylic acids is 1. The van der Waals surface area contributed by atoms with Crippen LogP contribution in [0.2, 0.25) is 0 Å². The highest BCUT2D eigenvalue weighted by atomic mass is 16.5. The van der Waals surface area contributed by atoms with Gasteiger partial charge in [-0.05, 0) is 36.6 Å². The fourth-order valence-corrected chi connectivity index (χ4v) is 2.30. The van der Waals surface area contributed by atoms with Crippen molar-refractivity contribution in [1.29, 1.82) is 0 Å². The second-order valence-electron chi connectivity index (χ2n) is 4.25. The van der Waals surface area contributed by atoms with Gasteiger partial charge in [-0.15, -0.1) is 0 Å². The van der Waals surface area contributed by atoms with Gasteiger partial charge in [0.1, 0.15) is 11.7 Å². The van der Waals surface area contributed by atoms with E-state index in [1.54, 1.807) is 19.2 Å². The lowest BCUT2D eigenvalue weighted by Gasteiger charge is -2.33. The van der Waals surface area contributed by atoms with Crippen molar-refractivity contribution in [2.45, 2.75) is 24.8 Å². The van der Waals surface area contributed by atoms with E-state index in [-0.39, 0.29) is 0 Å². The molecule has 86 valence electrons. The average Bonchev–Trinajstić information content (AvgIpc) is 2.28. The molecule has 1 aromatic carbocycles. The third-order valence-electron chi connectivity index (χ3n) is 3.27. The highest BCUT2D eigenvalue weighted by Crippen LogP contribution is 2.33. The van der Waals surface area contributed by atoms with E-state index >= 15 is 0 Å². The zero-order chi connectivity index (χ0) is 11.8. The molecule has 1 aliphatic rings. The van der Waals surface area contributed by atoms with Crippen molar-refractivity contribution in [3.05, 3.63) is 29.3 Å². The SMILES string of the molecule is COc1ccc2c(c1)CCC[C@@]2([NH3+])C(=O)[O-]. The van der Waals surface area contributed by atoms with E-state index in [1.165, 1.54) is 0 Å². The van der Waals surface area contributed by atoms with Crippen LogP contribution in [0.15, 0.2) is 18.2 Å². The summed E-state index contributed by atoms with van der Waals surface area (Å²) in [5.74, 6) is -0.347. The first-order valence-electron chi connectivity index (χ1n) is 5.32. The number of hydrogen-bond acceptors (Lipinski definition) is 3. The van der Waals surface area contributed by atoms with Crippen LogP contribution in [0.4, 0.5) is 0 Å². The minimum Gasteiger partial charge on any atom is -0.543 e. The molecule has 0 aliphatic heterocycles. The second-order valence-corrected chi connectivity index (χ2v) is 4.25. The van der Waals surface area contributed by atoms with E-state index in [2.05, 4.69) is 5.73 Å². The predicted octanol–water partition coefficient (Wildman–Crippen LogP) is -0.781. The van der Waals surface area contributed by atoms with E-state index < -0.39 is 11.5 Å². The van der Waals surface area contributed by atoms with Gasteiger partial charge in [0.25, 0.3) is 0 Å². The molecule has 1 aromatic rings. The maximum Gasteiger partial charge on any atom is 0.160 e. The maximum absolute atomic E-state index is 11.2. The van der Waals surface area contributed by atoms with Crippen molar-refractivity contribution in [3.63, 3.8) is 0 Å². The van der Waals surface area contributed by atoms with Crippen molar-refractivity contribution in [1.82, 2.24) is 0 Å². The third-order valence-corrected chi connectivity index (χ3v) is 3.27. The smallest absolute Gasteiger partial charge is 0.160 e. The van der Waals surface area contributed by atoms with Crippen LogP contribution in [0.3, 0.4) is 0 Å². The second kappa shape index (κ2) is 3.79. The third kappa shape index (κ3) is 1.55. The van der Waals surface area contributed by atoms with Crippen LogP contribution in [0.1, 0.15) is 24.0 Å². The highest BCUT2D eigenvalue weighted by Gasteiger charge is 2.38. The maximum atomic E-state index is 11.2. The molecule has 0 bridgehead atoms. The van der Waals surface area contributed by atoms with Gasteiger partial charge in [0.15, 0.2) is 5.54 Å². The Kier molecular flexibility index (Phi) is 2.59. The highest BCUT2D eigenvalue weighted by molar-refractivity contribution is 5.77. The lowest BCUT2D eigenvalue weighted by molar-refractivity contribution is -0.498. The van der Waals surface area contributed by atoms with Crippen molar-refractivity contribution in [2.75, 3.05) is 7.11 Å². The van der Waals surface area contributed by atoms with E-state index in [0.29, 0.717) is 6.42 Å². The molecule has 4 heteroatoms. The predicted molar refractivity (Wildman–Crippen MR) is 55.5 cm³/mol. The Hall–Kier alpha value is -1.55. The molecule has 16 heavy (non-hydrogen) atoms. The van der Waals surface area contributed by atoms with Crippen molar-refractivity contribution >= 4 is 5.97 Å². The number of fused-ring (bicyclic) bond motifs is 1. The summed E-state index contributed by atoms with van der Waals surface area (Å²) in [6, 6.07) is 5.44. The summed E-state index contributed by atoms with van der Waals surface area (Å²) in [7, 11) is 1.60. The van der Waals surface area contributed by atoms with E-state index in [0.717, 1.165) is 29.7 Å². The lowest BCUT2D eigenvalue weighted by atomic mass is 9.77. The number of aliphatic carboxylic acids is 1. The van der Waals surface area contributed by atoms with Crippen molar-refractivity contribution in [2.24, 2.45) is 0 Å². The molecule has 0 heterocycles. The number of carboxylic acid groups (broad SMARTS) is 1.